The van der Waals surface area contributed by atoms with Crippen molar-refractivity contribution in [3.8, 4) is 0 Å². The van der Waals surface area contributed by atoms with Crippen molar-refractivity contribution < 1.29 is 34.8 Å². The fourth-order valence-electron chi connectivity index (χ4n) is 1.11. The van der Waals surface area contributed by atoms with Crippen LogP contribution in [0.5, 0.6) is 0 Å². The van der Waals surface area contributed by atoms with Gasteiger partial charge in [0.15, 0.2) is 0 Å². The number of halogens is 3. The third kappa shape index (κ3) is 8.79. The Hall–Kier alpha value is 0.204. The van der Waals surface area contributed by atoms with E-state index in [2.05, 4.69) is 0 Å². The summed E-state index contributed by atoms with van der Waals surface area (Å²) in [5, 5.41) is 9.06. The van der Waals surface area contributed by atoms with Gasteiger partial charge in [-0.25, -0.2) is 0 Å². The summed E-state index contributed by atoms with van der Waals surface area (Å²) in [6.07, 6.45) is -6.70. The number of hydrogen-bond acceptors (Lipinski definition) is 2. The van der Waals surface area contributed by atoms with Crippen molar-refractivity contribution in [2.45, 2.75) is 32.5 Å². The predicted octanol–water partition coefficient (Wildman–Crippen LogP) is 1.64. The van der Waals surface area contributed by atoms with E-state index in [-0.39, 0.29) is 23.0 Å². The van der Waals surface area contributed by atoms with E-state index >= 15 is 0 Å². The van der Waals surface area contributed by atoms with Crippen LogP contribution in [-0.2, 0) is 16.5 Å². The van der Waals surface area contributed by atoms with Crippen LogP contribution >= 0.6 is 0 Å². The third-order valence-corrected chi connectivity index (χ3v) is 1.83. The molecule has 1 atom stereocenters. The van der Waals surface area contributed by atoms with Crippen LogP contribution in [-0.4, -0.2) is 41.9 Å². The number of likely N-dealkylation sites (N-methyl/N-ethyl adjacent to an activating group) is 1. The summed E-state index contributed by atoms with van der Waals surface area (Å²) >= 11 is 0. The largest absolute Gasteiger partial charge is 0.391 e. The third-order valence-electron chi connectivity index (χ3n) is 1.83. The Morgan fingerprint density at radius 2 is 1.64 bits per heavy atom. The van der Waals surface area contributed by atoms with Gasteiger partial charge in [-0.2, -0.15) is 13.2 Å². The molecule has 0 aliphatic rings. The van der Waals surface area contributed by atoms with Gasteiger partial charge in [0.2, 0.25) is 0 Å². The molecule has 0 saturated heterocycles. The molecular formula is C8H16F3NNiO. The molecule has 0 amide bonds. The summed E-state index contributed by atoms with van der Waals surface area (Å²) in [7, 11) is 0. The molecule has 0 saturated carbocycles. The maximum atomic E-state index is 11.8. The van der Waals surface area contributed by atoms with Crippen LogP contribution in [0.15, 0.2) is 0 Å². The van der Waals surface area contributed by atoms with Crippen LogP contribution < -0.4 is 0 Å². The second-order valence-corrected chi connectivity index (χ2v) is 2.96. The molecule has 0 aliphatic carbocycles. The minimum Gasteiger partial charge on any atom is -0.391 e. The molecule has 6 heteroatoms. The van der Waals surface area contributed by atoms with Crippen molar-refractivity contribution in [2.75, 3.05) is 19.6 Å². The van der Waals surface area contributed by atoms with Crippen molar-refractivity contribution in [3.63, 3.8) is 0 Å². The molecule has 2 nitrogen and oxygen atoms in total. The number of aliphatic hydroxyl groups is 1. The summed E-state index contributed by atoms with van der Waals surface area (Å²) in [5.41, 5.74) is 0. The molecule has 0 aromatic carbocycles. The van der Waals surface area contributed by atoms with Crippen LogP contribution in [0, 0.1) is 0 Å². The molecule has 90 valence electrons. The predicted molar refractivity (Wildman–Crippen MR) is 44.5 cm³/mol. The van der Waals surface area contributed by atoms with Crippen molar-refractivity contribution in [3.05, 3.63) is 0 Å². The molecule has 0 heterocycles. The number of hydrogen-bond donors (Lipinski definition) is 1. The van der Waals surface area contributed by atoms with E-state index in [4.69, 9.17) is 5.11 Å². The average Bonchev–Trinajstić information content (AvgIpc) is 1.96. The quantitative estimate of drug-likeness (QED) is 0.757. The van der Waals surface area contributed by atoms with Gasteiger partial charge in [-0.1, -0.05) is 13.8 Å². The van der Waals surface area contributed by atoms with Crippen LogP contribution in [0.1, 0.15) is 20.3 Å². The van der Waals surface area contributed by atoms with E-state index in [1.165, 1.54) is 0 Å². The molecular weight excluding hydrogens is 242 g/mol. The summed E-state index contributed by atoms with van der Waals surface area (Å²) in [5.74, 6) is 0. The molecule has 0 fully saturated rings. The van der Waals surface area contributed by atoms with Crippen LogP contribution in [0.25, 0.3) is 0 Å². The smallest absolute Gasteiger partial charge is 0.391 e. The molecule has 0 aromatic rings. The number of rotatable bonds is 5. The Morgan fingerprint density at radius 3 is 1.93 bits per heavy atom. The maximum Gasteiger partial charge on any atom is 0.391 e. The molecule has 0 rings (SSSR count). The van der Waals surface area contributed by atoms with Gasteiger partial charge in [0.1, 0.15) is 0 Å². The number of nitrogens with zero attached hydrogens (tertiary/aromatic N) is 1. The van der Waals surface area contributed by atoms with Crippen molar-refractivity contribution >= 4 is 0 Å². The Bertz CT molecular complexity index is 139. The fraction of sp³-hybridized carbons (Fsp3) is 1.00. The van der Waals surface area contributed by atoms with E-state index in [1.807, 2.05) is 13.8 Å². The van der Waals surface area contributed by atoms with Gasteiger partial charge >= 0.3 is 6.18 Å². The van der Waals surface area contributed by atoms with E-state index in [0.717, 1.165) is 0 Å². The Balaban J connectivity index is 0. The fourth-order valence-corrected chi connectivity index (χ4v) is 1.11. The van der Waals surface area contributed by atoms with Crippen LogP contribution in [0.3, 0.4) is 0 Å². The molecule has 0 spiro atoms. The Morgan fingerprint density at radius 1 is 1.21 bits per heavy atom. The second-order valence-electron chi connectivity index (χ2n) is 2.96. The van der Waals surface area contributed by atoms with Gasteiger partial charge in [-0.15, -0.1) is 0 Å². The monoisotopic (exact) mass is 257 g/mol. The summed E-state index contributed by atoms with van der Waals surface area (Å²) in [4.78, 5) is 1.76. The second kappa shape index (κ2) is 7.49. The SMILES string of the molecule is CCN(CC)CC(O)CC(F)(F)F.[Ni]. The first kappa shape index (κ1) is 16.6. The van der Waals surface area contributed by atoms with Crippen LogP contribution in [0.2, 0.25) is 0 Å². The van der Waals surface area contributed by atoms with Crippen LogP contribution in [0.4, 0.5) is 13.2 Å². The molecule has 1 unspecified atom stereocenters. The van der Waals surface area contributed by atoms with Gasteiger partial charge in [-0.3, -0.25) is 0 Å². The molecule has 0 bridgehead atoms. The molecule has 0 aliphatic heterocycles. The number of alkyl halides is 3. The van der Waals surface area contributed by atoms with Gasteiger partial charge < -0.3 is 10.0 Å². The van der Waals surface area contributed by atoms with Gasteiger partial charge in [-0.05, 0) is 13.1 Å². The van der Waals surface area contributed by atoms with Crippen molar-refractivity contribution in [1.82, 2.24) is 4.90 Å². The molecule has 1 N–H and O–H groups in total. The zero-order chi connectivity index (χ0) is 10.5. The topological polar surface area (TPSA) is 23.5 Å². The normalized spacial score (nSPS) is 13.9. The Kier molecular flexibility index (Phi) is 8.89. The van der Waals surface area contributed by atoms with E-state index in [1.54, 1.807) is 4.90 Å². The zero-order valence-corrected chi connectivity index (χ0v) is 9.24. The summed E-state index contributed by atoms with van der Waals surface area (Å²) in [6.45, 7) is 5.11. The van der Waals surface area contributed by atoms with Gasteiger partial charge in [0, 0.05) is 23.0 Å². The first-order chi connectivity index (χ1) is 5.89. The number of aliphatic hydroxyl groups excluding tert-OH is 1. The minimum atomic E-state index is -4.27. The summed E-state index contributed by atoms with van der Waals surface area (Å²) < 4.78 is 35.4. The Labute approximate surface area is 92.4 Å². The minimum absolute atomic E-state index is 0. The van der Waals surface area contributed by atoms with Gasteiger partial charge in [0.25, 0.3) is 0 Å². The zero-order valence-electron chi connectivity index (χ0n) is 8.25. The van der Waals surface area contributed by atoms with Crippen molar-refractivity contribution in [2.24, 2.45) is 0 Å². The molecule has 0 radical (unpaired) electrons. The standard InChI is InChI=1S/C8H16F3NO.Ni/c1-3-12(4-2)6-7(13)5-8(9,10)11;/h7,13H,3-6H2,1-2H3;. The van der Waals surface area contributed by atoms with E-state index in [0.29, 0.717) is 13.1 Å². The molecule has 0 aromatic heterocycles. The molecule has 14 heavy (non-hydrogen) atoms. The maximum absolute atomic E-state index is 11.8. The first-order valence-corrected chi connectivity index (χ1v) is 4.36. The van der Waals surface area contributed by atoms with Gasteiger partial charge in [0.05, 0.1) is 12.5 Å². The average molecular weight is 258 g/mol. The first-order valence-electron chi connectivity index (χ1n) is 4.36. The van der Waals surface area contributed by atoms with Crippen molar-refractivity contribution in [1.29, 1.82) is 0 Å². The van der Waals surface area contributed by atoms with E-state index in [9.17, 15) is 13.2 Å². The van der Waals surface area contributed by atoms with E-state index < -0.39 is 18.7 Å². The summed E-state index contributed by atoms with van der Waals surface area (Å²) in [6, 6.07) is 0.